The van der Waals surface area contributed by atoms with Crippen molar-refractivity contribution in [2.75, 3.05) is 19.5 Å². The van der Waals surface area contributed by atoms with Crippen LogP contribution in [0, 0.1) is 5.92 Å². The molecule has 3 heteroatoms. The Morgan fingerprint density at radius 1 is 1.22 bits per heavy atom. The third-order valence-electron chi connectivity index (χ3n) is 3.07. The molecule has 0 saturated carbocycles. The summed E-state index contributed by atoms with van der Waals surface area (Å²) >= 11 is 4.37. The first-order valence-corrected chi connectivity index (χ1v) is 7.28. The molecule has 1 rings (SSSR count). The second kappa shape index (κ2) is 8.30. The number of ether oxygens (including phenoxy) is 2. The molecule has 2 nitrogen and oxygen atoms in total. The molecule has 0 aliphatic heterocycles. The van der Waals surface area contributed by atoms with Crippen LogP contribution in [0.25, 0.3) is 0 Å². The van der Waals surface area contributed by atoms with E-state index in [1.807, 2.05) is 12.1 Å². The fourth-order valence-corrected chi connectivity index (χ4v) is 2.18. The normalized spacial score (nSPS) is 12.2. The third kappa shape index (κ3) is 4.45. The van der Waals surface area contributed by atoms with Gasteiger partial charge in [0.15, 0.2) is 11.5 Å². The van der Waals surface area contributed by atoms with Gasteiger partial charge < -0.3 is 9.47 Å². The molecule has 0 radical (unpaired) electrons. The van der Waals surface area contributed by atoms with Gasteiger partial charge in [-0.05, 0) is 36.3 Å². The first kappa shape index (κ1) is 15.2. The minimum absolute atomic E-state index is 0.508. The fraction of sp³-hybridized carbons (Fsp3) is 0.600. The molecular weight excluding hydrogens is 244 g/mol. The summed E-state index contributed by atoms with van der Waals surface area (Å²) in [7, 11) is 1.68. The maximum absolute atomic E-state index is 5.86. The van der Waals surface area contributed by atoms with E-state index < -0.39 is 0 Å². The number of methoxy groups -OCH3 is 1. The maximum atomic E-state index is 5.86. The number of thiol groups is 1. The molecule has 18 heavy (non-hydrogen) atoms. The average Bonchev–Trinajstić information content (AvgIpc) is 2.43. The summed E-state index contributed by atoms with van der Waals surface area (Å²) in [6.45, 7) is 5.03. The zero-order valence-electron chi connectivity index (χ0n) is 11.6. The first-order valence-electron chi connectivity index (χ1n) is 6.65. The Morgan fingerprint density at radius 3 is 2.56 bits per heavy atom. The quantitative estimate of drug-likeness (QED) is 0.719. The lowest BCUT2D eigenvalue weighted by Gasteiger charge is -2.16. The highest BCUT2D eigenvalue weighted by atomic mass is 32.1. The van der Waals surface area contributed by atoms with Crippen molar-refractivity contribution < 1.29 is 9.47 Å². The molecule has 0 fully saturated rings. The molecule has 0 amide bonds. The van der Waals surface area contributed by atoms with Crippen LogP contribution in [0.5, 0.6) is 11.5 Å². The summed E-state index contributed by atoms with van der Waals surface area (Å²) in [6, 6.07) is 6.14. The monoisotopic (exact) mass is 268 g/mol. The van der Waals surface area contributed by atoms with Crippen LogP contribution in [0.4, 0.5) is 0 Å². The fourth-order valence-electron chi connectivity index (χ4n) is 1.89. The minimum atomic E-state index is 0.508. The lowest BCUT2D eigenvalue weighted by molar-refractivity contribution is 0.243. The first-order chi connectivity index (χ1) is 8.74. The molecule has 0 heterocycles. The van der Waals surface area contributed by atoms with Crippen LogP contribution in [0.2, 0.25) is 0 Å². The molecule has 0 spiro atoms. The van der Waals surface area contributed by atoms with Crippen molar-refractivity contribution in [2.45, 2.75) is 33.1 Å². The largest absolute Gasteiger partial charge is 0.493 e. The van der Waals surface area contributed by atoms with Gasteiger partial charge in [-0.1, -0.05) is 26.3 Å². The van der Waals surface area contributed by atoms with Gasteiger partial charge in [-0.2, -0.15) is 12.6 Å². The molecular formula is C15H24O2S. The summed E-state index contributed by atoms with van der Waals surface area (Å²) < 4.78 is 11.2. The van der Waals surface area contributed by atoms with Crippen molar-refractivity contribution in [3.05, 3.63) is 23.8 Å². The maximum Gasteiger partial charge on any atom is 0.161 e. The van der Waals surface area contributed by atoms with Crippen LogP contribution >= 0.6 is 12.6 Å². The third-order valence-corrected chi connectivity index (χ3v) is 3.58. The van der Waals surface area contributed by atoms with E-state index in [4.69, 9.17) is 9.47 Å². The van der Waals surface area contributed by atoms with Gasteiger partial charge in [-0.3, -0.25) is 0 Å². The summed E-state index contributed by atoms with van der Waals surface area (Å²) in [6.07, 6.45) is 3.32. The van der Waals surface area contributed by atoms with Gasteiger partial charge in [-0.15, -0.1) is 0 Å². The Kier molecular flexibility index (Phi) is 7.02. The lowest BCUT2D eigenvalue weighted by atomic mass is 10.1. The molecule has 0 aromatic heterocycles. The summed E-state index contributed by atoms with van der Waals surface area (Å²) in [5, 5.41) is 0. The van der Waals surface area contributed by atoms with E-state index in [1.54, 1.807) is 7.11 Å². The predicted molar refractivity (Wildman–Crippen MR) is 80.1 cm³/mol. The van der Waals surface area contributed by atoms with Crippen LogP contribution < -0.4 is 9.47 Å². The number of rotatable bonds is 8. The topological polar surface area (TPSA) is 18.5 Å². The van der Waals surface area contributed by atoms with Gasteiger partial charge in [-0.25, -0.2) is 0 Å². The molecule has 1 aromatic rings. The molecule has 0 N–H and O–H groups in total. The van der Waals surface area contributed by atoms with Gasteiger partial charge in [0.05, 0.1) is 13.7 Å². The highest BCUT2D eigenvalue weighted by molar-refractivity contribution is 7.80. The predicted octanol–water partition coefficient (Wildman–Crippen LogP) is 3.98. The van der Waals surface area contributed by atoms with E-state index in [9.17, 15) is 0 Å². The van der Waals surface area contributed by atoms with Crippen LogP contribution in [0.15, 0.2) is 18.2 Å². The number of hydrogen-bond acceptors (Lipinski definition) is 3. The zero-order chi connectivity index (χ0) is 13.4. The molecule has 1 unspecified atom stereocenters. The van der Waals surface area contributed by atoms with Gasteiger partial charge in [0.2, 0.25) is 0 Å². The average molecular weight is 268 g/mol. The second-order valence-electron chi connectivity index (χ2n) is 4.49. The second-order valence-corrected chi connectivity index (χ2v) is 4.85. The Morgan fingerprint density at radius 2 is 2.00 bits per heavy atom. The van der Waals surface area contributed by atoms with Crippen molar-refractivity contribution in [1.82, 2.24) is 0 Å². The van der Waals surface area contributed by atoms with Crippen molar-refractivity contribution in [2.24, 2.45) is 5.92 Å². The number of aryl methyl sites for hydroxylation is 1. The standard InChI is InChI=1S/C15H24O2S/c1-4-6-13(11-18)10-17-14-8-7-12(5-2)9-15(14)16-3/h7-9,13,18H,4-6,10-11H2,1-3H3. The van der Waals surface area contributed by atoms with E-state index in [1.165, 1.54) is 12.0 Å². The van der Waals surface area contributed by atoms with E-state index >= 15 is 0 Å². The lowest BCUT2D eigenvalue weighted by Crippen LogP contribution is -2.14. The summed E-state index contributed by atoms with van der Waals surface area (Å²) in [5.74, 6) is 3.03. The van der Waals surface area contributed by atoms with Crippen LogP contribution in [-0.2, 0) is 6.42 Å². The van der Waals surface area contributed by atoms with E-state index in [0.29, 0.717) is 12.5 Å². The molecule has 0 aliphatic rings. The summed E-state index contributed by atoms with van der Waals surface area (Å²) in [5.41, 5.74) is 1.26. The van der Waals surface area contributed by atoms with Gasteiger partial charge in [0.25, 0.3) is 0 Å². The molecule has 1 atom stereocenters. The zero-order valence-corrected chi connectivity index (χ0v) is 12.5. The Labute approximate surface area is 116 Å². The van der Waals surface area contributed by atoms with Gasteiger partial charge in [0, 0.05) is 5.92 Å². The molecule has 0 bridgehead atoms. The van der Waals surface area contributed by atoms with E-state index in [-0.39, 0.29) is 0 Å². The Hall–Kier alpha value is -0.830. The van der Waals surface area contributed by atoms with Crippen molar-refractivity contribution in [1.29, 1.82) is 0 Å². The number of hydrogen-bond donors (Lipinski definition) is 1. The van der Waals surface area contributed by atoms with Crippen molar-refractivity contribution in [3.8, 4) is 11.5 Å². The van der Waals surface area contributed by atoms with Crippen molar-refractivity contribution in [3.63, 3.8) is 0 Å². The van der Waals surface area contributed by atoms with E-state index in [0.717, 1.165) is 30.1 Å². The molecule has 102 valence electrons. The Bertz CT molecular complexity index is 352. The van der Waals surface area contributed by atoms with Crippen LogP contribution in [0.3, 0.4) is 0 Å². The van der Waals surface area contributed by atoms with Crippen LogP contribution in [0.1, 0.15) is 32.3 Å². The van der Waals surface area contributed by atoms with E-state index in [2.05, 4.69) is 32.5 Å². The SMILES string of the molecule is CCCC(CS)COc1ccc(CC)cc1OC. The highest BCUT2D eigenvalue weighted by Gasteiger charge is 2.10. The van der Waals surface area contributed by atoms with Gasteiger partial charge >= 0.3 is 0 Å². The van der Waals surface area contributed by atoms with Gasteiger partial charge in [0.1, 0.15) is 0 Å². The molecule has 0 aliphatic carbocycles. The number of benzene rings is 1. The molecule has 1 aromatic carbocycles. The molecule has 0 saturated heterocycles. The highest BCUT2D eigenvalue weighted by Crippen LogP contribution is 2.29. The Balaban J connectivity index is 2.65. The summed E-state index contributed by atoms with van der Waals surface area (Å²) in [4.78, 5) is 0. The smallest absolute Gasteiger partial charge is 0.161 e. The minimum Gasteiger partial charge on any atom is -0.493 e. The van der Waals surface area contributed by atoms with Crippen LogP contribution in [-0.4, -0.2) is 19.5 Å². The van der Waals surface area contributed by atoms with Crippen molar-refractivity contribution >= 4 is 12.6 Å².